The monoisotopic (exact) mass is 287 g/mol. The van der Waals surface area contributed by atoms with E-state index < -0.39 is 0 Å². The summed E-state index contributed by atoms with van der Waals surface area (Å²) in [7, 11) is 0. The van der Waals surface area contributed by atoms with Gasteiger partial charge in [0.1, 0.15) is 5.71 Å². The largest absolute Gasteiger partial charge is 0.387 e. The van der Waals surface area contributed by atoms with E-state index in [1.165, 1.54) is 0 Å². The van der Waals surface area contributed by atoms with Gasteiger partial charge in [0.15, 0.2) is 5.60 Å². The zero-order chi connectivity index (χ0) is 12.6. The van der Waals surface area contributed by atoms with Crippen molar-refractivity contribution in [2.75, 3.05) is 19.6 Å². The highest BCUT2D eigenvalue weighted by molar-refractivity contribution is 6.39. The lowest BCUT2D eigenvalue weighted by Gasteiger charge is -2.31. The number of amides is 1. The maximum absolute atomic E-state index is 12.4. The van der Waals surface area contributed by atoms with Crippen molar-refractivity contribution in [3.63, 3.8) is 0 Å². The van der Waals surface area contributed by atoms with E-state index in [2.05, 4.69) is 17.4 Å². The fraction of sp³-hybridized carbons (Fsp3) is 0.846. The third-order valence-electron chi connectivity index (χ3n) is 4.33. The fourth-order valence-corrected chi connectivity index (χ4v) is 3.21. The van der Waals surface area contributed by atoms with Gasteiger partial charge in [0.2, 0.25) is 0 Å². The van der Waals surface area contributed by atoms with Crippen molar-refractivity contribution in [1.82, 2.24) is 10.2 Å². The van der Waals surface area contributed by atoms with Crippen LogP contribution in [0.4, 0.5) is 0 Å². The van der Waals surface area contributed by atoms with Crippen molar-refractivity contribution < 1.29 is 9.63 Å². The minimum Gasteiger partial charge on any atom is -0.387 e. The lowest BCUT2D eigenvalue weighted by Crippen LogP contribution is -2.47. The van der Waals surface area contributed by atoms with Crippen LogP contribution in [0.2, 0.25) is 0 Å². The Kier molecular flexibility index (Phi) is 4.36. The molecule has 19 heavy (non-hydrogen) atoms. The van der Waals surface area contributed by atoms with E-state index in [1.807, 2.05) is 4.90 Å². The van der Waals surface area contributed by atoms with Crippen molar-refractivity contribution in [2.45, 2.75) is 50.7 Å². The van der Waals surface area contributed by atoms with Crippen molar-refractivity contribution in [1.29, 1.82) is 0 Å². The van der Waals surface area contributed by atoms with E-state index in [0.717, 1.165) is 45.3 Å². The van der Waals surface area contributed by atoms with Crippen molar-refractivity contribution >= 4 is 24.0 Å². The molecule has 1 amide bonds. The molecule has 0 aromatic heterocycles. The van der Waals surface area contributed by atoms with Gasteiger partial charge in [-0.15, -0.1) is 12.4 Å². The first-order chi connectivity index (χ1) is 8.70. The Hall–Kier alpha value is -0.810. The van der Waals surface area contributed by atoms with Gasteiger partial charge in [0.05, 0.1) is 0 Å². The average Bonchev–Trinajstić information content (AvgIpc) is 2.97. The van der Waals surface area contributed by atoms with E-state index in [9.17, 15) is 4.79 Å². The molecule has 1 spiro atoms. The molecular formula is C13H22ClN3O2. The second kappa shape index (κ2) is 5.67. The van der Waals surface area contributed by atoms with Gasteiger partial charge in [-0.2, -0.15) is 0 Å². The smallest absolute Gasteiger partial charge is 0.272 e. The summed E-state index contributed by atoms with van der Waals surface area (Å²) in [6, 6.07) is 0.348. The van der Waals surface area contributed by atoms with E-state index in [1.54, 1.807) is 0 Å². The Balaban J connectivity index is 0.00000133. The van der Waals surface area contributed by atoms with Crippen LogP contribution >= 0.6 is 12.4 Å². The quantitative estimate of drug-likeness (QED) is 0.791. The molecule has 3 aliphatic heterocycles. The zero-order valence-electron chi connectivity index (χ0n) is 11.4. The van der Waals surface area contributed by atoms with E-state index in [4.69, 9.17) is 4.84 Å². The summed E-state index contributed by atoms with van der Waals surface area (Å²) < 4.78 is 0. The Morgan fingerprint density at radius 3 is 3.00 bits per heavy atom. The molecule has 3 aliphatic rings. The van der Waals surface area contributed by atoms with Crippen molar-refractivity contribution in [2.24, 2.45) is 5.16 Å². The number of likely N-dealkylation sites (tertiary alicyclic amines) is 1. The van der Waals surface area contributed by atoms with Gasteiger partial charge < -0.3 is 15.1 Å². The number of piperidine rings is 1. The summed E-state index contributed by atoms with van der Waals surface area (Å²) in [4.78, 5) is 19.9. The van der Waals surface area contributed by atoms with Gasteiger partial charge in [0.25, 0.3) is 5.91 Å². The Bertz CT molecular complexity index is 380. The number of nitrogens with one attached hydrogen (secondary N) is 1. The molecule has 3 heterocycles. The molecule has 3 rings (SSSR count). The highest BCUT2D eigenvalue weighted by Crippen LogP contribution is 2.31. The molecule has 2 atom stereocenters. The Morgan fingerprint density at radius 1 is 1.53 bits per heavy atom. The first-order valence-corrected chi connectivity index (χ1v) is 6.97. The molecule has 0 radical (unpaired) electrons. The molecule has 0 aromatic rings. The molecule has 5 nitrogen and oxygen atoms in total. The molecule has 6 heteroatoms. The van der Waals surface area contributed by atoms with Crippen LogP contribution in [0, 0.1) is 0 Å². The number of hydrogen-bond acceptors (Lipinski definition) is 4. The summed E-state index contributed by atoms with van der Waals surface area (Å²) in [5.74, 6) is 0.0856. The Labute approximate surface area is 120 Å². The topological polar surface area (TPSA) is 53.9 Å². The zero-order valence-corrected chi connectivity index (χ0v) is 12.2. The summed E-state index contributed by atoms with van der Waals surface area (Å²) in [6.45, 7) is 4.82. The number of rotatable bonds is 1. The minimum absolute atomic E-state index is 0. The third-order valence-corrected chi connectivity index (χ3v) is 4.33. The van der Waals surface area contributed by atoms with Gasteiger partial charge in [-0.3, -0.25) is 4.79 Å². The van der Waals surface area contributed by atoms with Crippen LogP contribution in [0.5, 0.6) is 0 Å². The predicted molar refractivity (Wildman–Crippen MR) is 75.6 cm³/mol. The van der Waals surface area contributed by atoms with Crippen LogP contribution in [-0.2, 0) is 9.63 Å². The second-order valence-electron chi connectivity index (χ2n) is 5.76. The molecule has 0 aliphatic carbocycles. The van der Waals surface area contributed by atoms with Crippen molar-refractivity contribution in [3.8, 4) is 0 Å². The predicted octanol–water partition coefficient (Wildman–Crippen LogP) is 1.32. The summed E-state index contributed by atoms with van der Waals surface area (Å²) >= 11 is 0. The maximum Gasteiger partial charge on any atom is 0.272 e. The normalized spacial score (nSPS) is 33.8. The fourth-order valence-electron chi connectivity index (χ4n) is 3.21. The standard InChI is InChI=1S/C13H21N3O2.ClH/c1-10-4-2-7-16(10)12(17)11-8-13(18-15-11)5-3-6-14-9-13;/h10,14H,2-9H2,1H3;1H. The SMILES string of the molecule is CC1CCCN1C(=O)C1=NOC2(CCCNC2)C1.Cl. The molecular weight excluding hydrogens is 266 g/mol. The summed E-state index contributed by atoms with van der Waals surface area (Å²) in [5, 5.41) is 7.41. The molecule has 108 valence electrons. The van der Waals surface area contributed by atoms with Crippen LogP contribution < -0.4 is 5.32 Å². The van der Waals surface area contributed by atoms with Crippen LogP contribution in [0.1, 0.15) is 39.0 Å². The molecule has 2 saturated heterocycles. The maximum atomic E-state index is 12.4. The van der Waals surface area contributed by atoms with Crippen LogP contribution in [0.3, 0.4) is 0 Å². The van der Waals surface area contributed by atoms with Crippen LogP contribution in [-0.4, -0.2) is 47.8 Å². The van der Waals surface area contributed by atoms with E-state index in [-0.39, 0.29) is 23.9 Å². The lowest BCUT2D eigenvalue weighted by atomic mass is 9.89. The van der Waals surface area contributed by atoms with Crippen molar-refractivity contribution in [3.05, 3.63) is 0 Å². The average molecular weight is 288 g/mol. The first-order valence-electron chi connectivity index (χ1n) is 6.97. The number of carbonyl (C=O) groups excluding carboxylic acids is 1. The third kappa shape index (κ3) is 2.72. The number of halogens is 1. The highest BCUT2D eigenvalue weighted by Gasteiger charge is 2.43. The van der Waals surface area contributed by atoms with E-state index >= 15 is 0 Å². The molecule has 0 bridgehead atoms. The summed E-state index contributed by atoms with van der Waals surface area (Å²) in [5.41, 5.74) is 0.374. The van der Waals surface area contributed by atoms with Crippen LogP contribution in [0.25, 0.3) is 0 Å². The number of carbonyl (C=O) groups is 1. The van der Waals surface area contributed by atoms with Crippen LogP contribution in [0.15, 0.2) is 5.16 Å². The number of oxime groups is 1. The summed E-state index contributed by atoms with van der Waals surface area (Å²) in [6.07, 6.45) is 4.97. The molecule has 1 N–H and O–H groups in total. The molecule has 0 saturated carbocycles. The highest BCUT2D eigenvalue weighted by atomic mass is 35.5. The van der Waals surface area contributed by atoms with Gasteiger partial charge in [-0.05, 0) is 39.2 Å². The molecule has 0 aromatic carbocycles. The molecule has 2 unspecified atom stereocenters. The van der Waals surface area contributed by atoms with Gasteiger partial charge >= 0.3 is 0 Å². The van der Waals surface area contributed by atoms with Gasteiger partial charge in [0, 0.05) is 25.6 Å². The van der Waals surface area contributed by atoms with Gasteiger partial charge in [-0.25, -0.2) is 0 Å². The lowest BCUT2D eigenvalue weighted by molar-refractivity contribution is -0.124. The number of hydrogen-bond donors (Lipinski definition) is 1. The molecule has 2 fully saturated rings. The first kappa shape index (κ1) is 14.6. The Morgan fingerprint density at radius 2 is 2.37 bits per heavy atom. The minimum atomic E-state index is -0.244. The van der Waals surface area contributed by atoms with Gasteiger partial charge in [-0.1, -0.05) is 5.16 Å². The second-order valence-corrected chi connectivity index (χ2v) is 5.76. The van der Waals surface area contributed by atoms with E-state index in [0.29, 0.717) is 18.2 Å². The number of nitrogens with zero attached hydrogens (tertiary/aromatic N) is 2.